The zero-order valence-electron chi connectivity index (χ0n) is 10.7. The van der Waals surface area contributed by atoms with Crippen LogP contribution >= 0.6 is 0 Å². The first-order valence-electron chi connectivity index (χ1n) is 6.06. The van der Waals surface area contributed by atoms with Crippen LogP contribution in [0.15, 0.2) is 24.5 Å². The predicted octanol–water partition coefficient (Wildman–Crippen LogP) is 1.50. The van der Waals surface area contributed by atoms with Crippen molar-refractivity contribution in [2.24, 2.45) is 5.92 Å². The lowest BCUT2D eigenvalue weighted by atomic mass is 10.1. The summed E-state index contributed by atoms with van der Waals surface area (Å²) in [4.78, 5) is 15.9. The SMILES string of the molecule is CCNCC(C)C(=O)N[C@@H](C)c1cccnc1. The number of hydrogen-bond acceptors (Lipinski definition) is 3. The highest BCUT2D eigenvalue weighted by atomic mass is 16.1. The average Bonchev–Trinajstić information content (AvgIpc) is 2.36. The molecule has 1 heterocycles. The van der Waals surface area contributed by atoms with Crippen LogP contribution in [0.2, 0.25) is 0 Å². The van der Waals surface area contributed by atoms with Gasteiger partial charge in [-0.3, -0.25) is 9.78 Å². The van der Waals surface area contributed by atoms with Crippen LogP contribution < -0.4 is 10.6 Å². The quantitative estimate of drug-likeness (QED) is 0.785. The fourth-order valence-corrected chi connectivity index (χ4v) is 1.52. The molecule has 0 saturated heterocycles. The van der Waals surface area contributed by atoms with E-state index in [1.807, 2.05) is 32.9 Å². The van der Waals surface area contributed by atoms with Crippen molar-refractivity contribution >= 4 is 5.91 Å². The Morgan fingerprint density at radius 1 is 1.47 bits per heavy atom. The summed E-state index contributed by atoms with van der Waals surface area (Å²) in [6, 6.07) is 3.84. The van der Waals surface area contributed by atoms with E-state index < -0.39 is 0 Å². The summed E-state index contributed by atoms with van der Waals surface area (Å²) in [5.74, 6) is 0.0522. The molecular formula is C13H21N3O. The van der Waals surface area contributed by atoms with Gasteiger partial charge in [0.05, 0.1) is 6.04 Å². The molecule has 17 heavy (non-hydrogen) atoms. The van der Waals surface area contributed by atoms with Crippen molar-refractivity contribution in [2.45, 2.75) is 26.8 Å². The lowest BCUT2D eigenvalue weighted by Crippen LogP contribution is -2.36. The number of nitrogens with one attached hydrogen (secondary N) is 2. The number of aromatic nitrogens is 1. The second-order valence-corrected chi connectivity index (χ2v) is 4.23. The van der Waals surface area contributed by atoms with Gasteiger partial charge in [0.2, 0.25) is 5.91 Å². The summed E-state index contributed by atoms with van der Waals surface area (Å²) in [6.07, 6.45) is 3.51. The largest absolute Gasteiger partial charge is 0.349 e. The molecule has 1 aromatic heterocycles. The molecule has 2 atom stereocenters. The minimum atomic E-state index is -0.0194. The first-order valence-corrected chi connectivity index (χ1v) is 6.06. The highest BCUT2D eigenvalue weighted by molar-refractivity contribution is 5.78. The van der Waals surface area contributed by atoms with Gasteiger partial charge in [0.25, 0.3) is 0 Å². The molecule has 4 heteroatoms. The first-order chi connectivity index (χ1) is 8.15. The maximum atomic E-state index is 11.9. The van der Waals surface area contributed by atoms with E-state index in [9.17, 15) is 4.79 Å². The minimum Gasteiger partial charge on any atom is -0.349 e. The highest BCUT2D eigenvalue weighted by Crippen LogP contribution is 2.10. The summed E-state index contributed by atoms with van der Waals surface area (Å²) >= 11 is 0. The Kier molecular flexibility index (Phi) is 5.63. The van der Waals surface area contributed by atoms with Gasteiger partial charge in [0.1, 0.15) is 0 Å². The molecule has 0 radical (unpaired) electrons. The second-order valence-electron chi connectivity index (χ2n) is 4.23. The molecule has 0 aromatic carbocycles. The van der Waals surface area contributed by atoms with E-state index >= 15 is 0 Å². The van der Waals surface area contributed by atoms with Gasteiger partial charge < -0.3 is 10.6 Å². The zero-order chi connectivity index (χ0) is 12.7. The van der Waals surface area contributed by atoms with Crippen molar-refractivity contribution in [3.05, 3.63) is 30.1 Å². The molecule has 0 aliphatic rings. The van der Waals surface area contributed by atoms with Crippen LogP contribution in [-0.4, -0.2) is 24.0 Å². The maximum Gasteiger partial charge on any atom is 0.224 e. The van der Waals surface area contributed by atoms with E-state index in [0.29, 0.717) is 6.54 Å². The lowest BCUT2D eigenvalue weighted by Gasteiger charge is -2.17. The molecule has 0 aliphatic carbocycles. The van der Waals surface area contributed by atoms with Crippen LogP contribution in [0.1, 0.15) is 32.4 Å². The number of rotatable bonds is 6. The van der Waals surface area contributed by atoms with Gasteiger partial charge >= 0.3 is 0 Å². The van der Waals surface area contributed by atoms with Crippen molar-refractivity contribution in [1.82, 2.24) is 15.6 Å². The Morgan fingerprint density at radius 3 is 2.82 bits per heavy atom. The van der Waals surface area contributed by atoms with Crippen LogP contribution in [0.25, 0.3) is 0 Å². The number of amides is 1. The third kappa shape index (κ3) is 4.53. The van der Waals surface area contributed by atoms with Gasteiger partial charge in [-0.2, -0.15) is 0 Å². The fraction of sp³-hybridized carbons (Fsp3) is 0.538. The van der Waals surface area contributed by atoms with Crippen LogP contribution in [0.3, 0.4) is 0 Å². The average molecular weight is 235 g/mol. The molecule has 0 spiro atoms. The molecule has 1 aromatic rings. The van der Waals surface area contributed by atoms with Crippen molar-refractivity contribution in [2.75, 3.05) is 13.1 Å². The Balaban J connectivity index is 2.46. The highest BCUT2D eigenvalue weighted by Gasteiger charge is 2.15. The van der Waals surface area contributed by atoms with Crippen molar-refractivity contribution < 1.29 is 4.79 Å². The minimum absolute atomic E-state index is 0.000256. The Morgan fingerprint density at radius 2 is 2.24 bits per heavy atom. The number of hydrogen-bond donors (Lipinski definition) is 2. The second kappa shape index (κ2) is 7.01. The van der Waals surface area contributed by atoms with E-state index in [4.69, 9.17) is 0 Å². The smallest absolute Gasteiger partial charge is 0.224 e. The van der Waals surface area contributed by atoms with E-state index in [2.05, 4.69) is 15.6 Å². The van der Waals surface area contributed by atoms with Gasteiger partial charge in [-0.15, -0.1) is 0 Å². The van der Waals surface area contributed by atoms with Crippen LogP contribution in [0.4, 0.5) is 0 Å². The molecule has 94 valence electrons. The number of nitrogens with zero attached hydrogens (tertiary/aromatic N) is 1. The van der Waals surface area contributed by atoms with Crippen LogP contribution in [0, 0.1) is 5.92 Å². The summed E-state index contributed by atoms with van der Waals surface area (Å²) < 4.78 is 0. The van der Waals surface area contributed by atoms with E-state index in [-0.39, 0.29) is 17.9 Å². The molecule has 0 fully saturated rings. The standard InChI is InChI=1S/C13H21N3O/c1-4-14-8-10(2)13(17)16-11(3)12-6-5-7-15-9-12/h5-7,9-11,14H,4,8H2,1-3H3,(H,16,17)/t10?,11-/m0/s1. The molecule has 1 rings (SSSR count). The zero-order valence-corrected chi connectivity index (χ0v) is 10.7. The van der Waals surface area contributed by atoms with E-state index in [0.717, 1.165) is 12.1 Å². The lowest BCUT2D eigenvalue weighted by molar-refractivity contribution is -0.125. The maximum absolute atomic E-state index is 11.9. The summed E-state index contributed by atoms with van der Waals surface area (Å²) in [6.45, 7) is 7.52. The molecule has 0 aliphatic heterocycles. The third-order valence-electron chi connectivity index (χ3n) is 2.69. The fourth-order valence-electron chi connectivity index (χ4n) is 1.52. The number of pyridine rings is 1. The Hall–Kier alpha value is -1.42. The van der Waals surface area contributed by atoms with E-state index in [1.54, 1.807) is 12.4 Å². The van der Waals surface area contributed by atoms with Crippen molar-refractivity contribution in [1.29, 1.82) is 0 Å². The van der Waals surface area contributed by atoms with Gasteiger partial charge in [0, 0.05) is 24.9 Å². The summed E-state index contributed by atoms with van der Waals surface area (Å²) in [5.41, 5.74) is 1.02. The Bertz CT molecular complexity index is 340. The van der Waals surface area contributed by atoms with Gasteiger partial charge in [0.15, 0.2) is 0 Å². The third-order valence-corrected chi connectivity index (χ3v) is 2.69. The molecule has 1 unspecified atom stereocenters. The topological polar surface area (TPSA) is 54.0 Å². The molecule has 0 saturated carbocycles. The van der Waals surface area contributed by atoms with Crippen molar-refractivity contribution in [3.63, 3.8) is 0 Å². The van der Waals surface area contributed by atoms with Crippen LogP contribution in [-0.2, 0) is 4.79 Å². The first kappa shape index (κ1) is 13.6. The molecule has 0 bridgehead atoms. The van der Waals surface area contributed by atoms with Crippen molar-refractivity contribution in [3.8, 4) is 0 Å². The normalized spacial score (nSPS) is 14.1. The molecular weight excluding hydrogens is 214 g/mol. The molecule has 4 nitrogen and oxygen atoms in total. The van der Waals surface area contributed by atoms with Gasteiger partial charge in [-0.25, -0.2) is 0 Å². The van der Waals surface area contributed by atoms with Gasteiger partial charge in [-0.1, -0.05) is 19.9 Å². The molecule has 2 N–H and O–H groups in total. The molecule has 1 amide bonds. The Labute approximate surface area is 103 Å². The number of carbonyl (C=O) groups is 1. The van der Waals surface area contributed by atoms with E-state index in [1.165, 1.54) is 0 Å². The summed E-state index contributed by atoms with van der Waals surface area (Å²) in [5, 5.41) is 6.15. The summed E-state index contributed by atoms with van der Waals surface area (Å²) in [7, 11) is 0. The van der Waals surface area contributed by atoms with Gasteiger partial charge in [-0.05, 0) is 25.1 Å². The number of carbonyl (C=O) groups excluding carboxylic acids is 1. The predicted molar refractivity (Wildman–Crippen MR) is 68.5 cm³/mol. The van der Waals surface area contributed by atoms with Crippen LogP contribution in [0.5, 0.6) is 0 Å². The monoisotopic (exact) mass is 235 g/mol.